The number of hydrogen-bond donors (Lipinski definition) is 1. The Labute approximate surface area is 146 Å². The largest absolute Gasteiger partial charge is 0.356 e. The zero-order chi connectivity index (χ0) is 17.9. The molecule has 0 radical (unpaired) electrons. The van der Waals surface area contributed by atoms with E-state index < -0.39 is 5.79 Å². The molecule has 0 atom stereocenters. The fourth-order valence-electron chi connectivity index (χ4n) is 2.99. The Morgan fingerprint density at radius 2 is 1.76 bits per heavy atom. The summed E-state index contributed by atoms with van der Waals surface area (Å²) in [6.07, 6.45) is 1.50. The summed E-state index contributed by atoms with van der Waals surface area (Å²) >= 11 is 0. The van der Waals surface area contributed by atoms with E-state index in [-0.39, 0.29) is 30.7 Å². The number of hydrogen-bond acceptors (Lipinski definition) is 5. The number of carbonyl (C=O) groups is 3. The van der Waals surface area contributed by atoms with Gasteiger partial charge in [0.15, 0.2) is 5.79 Å². The van der Waals surface area contributed by atoms with E-state index in [1.807, 2.05) is 6.92 Å². The van der Waals surface area contributed by atoms with Crippen LogP contribution in [0, 0.1) is 0 Å². The van der Waals surface area contributed by atoms with Gasteiger partial charge in [-0.15, -0.1) is 0 Å². The molecular weight excluding hydrogens is 324 g/mol. The maximum absolute atomic E-state index is 12.2. The lowest BCUT2D eigenvalue weighted by Crippen LogP contribution is -2.41. The van der Waals surface area contributed by atoms with Crippen molar-refractivity contribution in [2.75, 3.05) is 26.3 Å². The molecule has 2 aliphatic heterocycles. The molecule has 0 spiro atoms. The van der Waals surface area contributed by atoms with Crippen LogP contribution in [0.5, 0.6) is 0 Å². The Bertz CT molecular complexity index is 647. The molecule has 2 aliphatic rings. The Morgan fingerprint density at radius 1 is 1.16 bits per heavy atom. The third-order valence-electron chi connectivity index (χ3n) is 4.45. The van der Waals surface area contributed by atoms with Gasteiger partial charge in [-0.25, -0.2) is 0 Å². The summed E-state index contributed by atoms with van der Waals surface area (Å²) in [6, 6.07) is 6.69. The first-order valence-electron chi connectivity index (χ1n) is 8.50. The second kappa shape index (κ2) is 7.33. The van der Waals surface area contributed by atoms with Gasteiger partial charge in [-0.05, 0) is 25.5 Å². The van der Waals surface area contributed by atoms with Gasteiger partial charge in [-0.1, -0.05) is 12.1 Å². The quantitative estimate of drug-likeness (QED) is 0.786. The molecule has 134 valence electrons. The topological polar surface area (TPSA) is 84.9 Å². The van der Waals surface area contributed by atoms with Crippen LogP contribution in [0.4, 0.5) is 0 Å². The fourth-order valence-corrected chi connectivity index (χ4v) is 2.99. The van der Waals surface area contributed by atoms with Crippen LogP contribution >= 0.6 is 0 Å². The summed E-state index contributed by atoms with van der Waals surface area (Å²) in [6.45, 7) is 3.66. The highest BCUT2D eigenvalue weighted by molar-refractivity contribution is 6.21. The minimum absolute atomic E-state index is 0.0719. The predicted octanol–water partition coefficient (Wildman–Crippen LogP) is 1.33. The number of benzene rings is 1. The normalized spacial score (nSPS) is 19.0. The molecule has 1 N–H and O–H groups in total. The van der Waals surface area contributed by atoms with E-state index in [0.717, 1.165) is 11.3 Å². The monoisotopic (exact) mass is 346 g/mol. The van der Waals surface area contributed by atoms with Crippen LogP contribution in [0.3, 0.4) is 0 Å². The molecule has 1 saturated heterocycles. The molecule has 0 bridgehead atoms. The molecule has 1 fully saturated rings. The highest BCUT2D eigenvalue weighted by Gasteiger charge is 2.35. The van der Waals surface area contributed by atoms with E-state index >= 15 is 0 Å². The summed E-state index contributed by atoms with van der Waals surface area (Å²) in [5.74, 6) is -1.56. The van der Waals surface area contributed by atoms with Gasteiger partial charge in [0.05, 0.1) is 24.3 Å². The molecule has 3 amide bonds. The first-order valence-corrected chi connectivity index (χ1v) is 8.50. The van der Waals surface area contributed by atoms with Gasteiger partial charge >= 0.3 is 0 Å². The Kier molecular flexibility index (Phi) is 5.15. The number of imide groups is 1. The fraction of sp³-hybridized carbons (Fsp3) is 0.500. The van der Waals surface area contributed by atoms with Crippen molar-refractivity contribution in [2.45, 2.75) is 32.0 Å². The van der Waals surface area contributed by atoms with Crippen molar-refractivity contribution >= 4 is 17.7 Å². The zero-order valence-corrected chi connectivity index (χ0v) is 14.2. The lowest BCUT2D eigenvalue weighted by molar-refractivity contribution is -0.257. The Morgan fingerprint density at radius 3 is 2.36 bits per heavy atom. The lowest BCUT2D eigenvalue weighted by atomic mass is 10.1. The van der Waals surface area contributed by atoms with E-state index in [1.54, 1.807) is 24.3 Å². The van der Waals surface area contributed by atoms with Gasteiger partial charge in [-0.2, -0.15) is 0 Å². The molecule has 3 rings (SSSR count). The number of nitrogens with one attached hydrogen (secondary N) is 1. The summed E-state index contributed by atoms with van der Waals surface area (Å²) in [4.78, 5) is 37.6. The molecule has 1 aromatic rings. The van der Waals surface area contributed by atoms with E-state index in [0.29, 0.717) is 37.3 Å². The summed E-state index contributed by atoms with van der Waals surface area (Å²) in [7, 11) is 0. The number of fused-ring (bicyclic) bond motifs is 1. The number of ether oxygens (including phenoxy) is 2. The summed E-state index contributed by atoms with van der Waals surface area (Å²) < 4.78 is 11.2. The SMILES string of the molecule is CC1(CCNC(=O)CCN2C(=O)c3ccccc3C2=O)OCCCO1. The van der Waals surface area contributed by atoms with E-state index in [9.17, 15) is 14.4 Å². The maximum atomic E-state index is 12.2. The third-order valence-corrected chi connectivity index (χ3v) is 4.45. The summed E-state index contributed by atoms with van der Waals surface area (Å²) in [5, 5.41) is 2.78. The van der Waals surface area contributed by atoms with E-state index in [4.69, 9.17) is 9.47 Å². The second-order valence-corrected chi connectivity index (χ2v) is 6.34. The second-order valence-electron chi connectivity index (χ2n) is 6.34. The highest BCUT2D eigenvalue weighted by atomic mass is 16.7. The van der Waals surface area contributed by atoms with Crippen molar-refractivity contribution in [2.24, 2.45) is 0 Å². The van der Waals surface area contributed by atoms with Crippen molar-refractivity contribution in [3.63, 3.8) is 0 Å². The molecule has 0 aliphatic carbocycles. The first kappa shape index (κ1) is 17.6. The van der Waals surface area contributed by atoms with Crippen LogP contribution in [0.2, 0.25) is 0 Å². The van der Waals surface area contributed by atoms with E-state index in [2.05, 4.69) is 5.32 Å². The average molecular weight is 346 g/mol. The number of carbonyl (C=O) groups excluding carboxylic acids is 3. The van der Waals surface area contributed by atoms with E-state index in [1.165, 1.54) is 0 Å². The minimum atomic E-state index is -0.659. The lowest BCUT2D eigenvalue weighted by Gasteiger charge is -2.33. The molecule has 25 heavy (non-hydrogen) atoms. The van der Waals surface area contributed by atoms with Gasteiger partial charge < -0.3 is 14.8 Å². The molecule has 0 aromatic heterocycles. The van der Waals surface area contributed by atoms with Crippen molar-refractivity contribution in [1.82, 2.24) is 10.2 Å². The van der Waals surface area contributed by atoms with Crippen LogP contribution < -0.4 is 5.32 Å². The number of nitrogens with zero attached hydrogens (tertiary/aromatic N) is 1. The van der Waals surface area contributed by atoms with Crippen molar-refractivity contribution in [3.8, 4) is 0 Å². The van der Waals surface area contributed by atoms with Gasteiger partial charge in [-0.3, -0.25) is 19.3 Å². The van der Waals surface area contributed by atoms with Gasteiger partial charge in [0, 0.05) is 25.9 Å². The van der Waals surface area contributed by atoms with Crippen LogP contribution in [-0.4, -0.2) is 54.7 Å². The smallest absolute Gasteiger partial charge is 0.261 e. The van der Waals surface area contributed by atoms with Gasteiger partial charge in [0.2, 0.25) is 5.91 Å². The van der Waals surface area contributed by atoms with Crippen LogP contribution in [0.15, 0.2) is 24.3 Å². The molecule has 7 heteroatoms. The molecule has 0 saturated carbocycles. The van der Waals surface area contributed by atoms with Crippen LogP contribution in [0.1, 0.15) is 46.9 Å². The van der Waals surface area contributed by atoms with Crippen LogP contribution in [0.25, 0.3) is 0 Å². The first-order chi connectivity index (χ1) is 12.0. The van der Waals surface area contributed by atoms with Crippen molar-refractivity contribution in [3.05, 3.63) is 35.4 Å². The Hall–Kier alpha value is -2.25. The highest BCUT2D eigenvalue weighted by Crippen LogP contribution is 2.23. The van der Waals surface area contributed by atoms with Crippen molar-refractivity contribution < 1.29 is 23.9 Å². The third kappa shape index (κ3) is 3.88. The van der Waals surface area contributed by atoms with Crippen molar-refractivity contribution in [1.29, 1.82) is 0 Å². The van der Waals surface area contributed by atoms with Crippen LogP contribution in [-0.2, 0) is 14.3 Å². The van der Waals surface area contributed by atoms with Gasteiger partial charge in [0.1, 0.15) is 0 Å². The molecule has 2 heterocycles. The molecule has 1 aromatic carbocycles. The Balaban J connectivity index is 1.44. The number of amides is 3. The average Bonchev–Trinajstić information content (AvgIpc) is 2.85. The zero-order valence-electron chi connectivity index (χ0n) is 14.2. The predicted molar refractivity (Wildman–Crippen MR) is 89.0 cm³/mol. The summed E-state index contributed by atoms with van der Waals surface area (Å²) in [5.41, 5.74) is 0.792. The number of rotatable bonds is 6. The molecule has 0 unspecified atom stereocenters. The standard InChI is InChI=1S/C18H22N2O5/c1-18(24-11-4-12-25-18)8-9-19-15(21)7-10-20-16(22)13-5-2-3-6-14(13)17(20)23/h2-3,5-6H,4,7-12H2,1H3,(H,19,21). The molecular formula is C18H22N2O5. The maximum Gasteiger partial charge on any atom is 0.261 e. The van der Waals surface area contributed by atoms with Gasteiger partial charge in [0.25, 0.3) is 11.8 Å². The minimum Gasteiger partial charge on any atom is -0.356 e. The molecule has 7 nitrogen and oxygen atoms in total.